The molecule has 0 fully saturated rings. The van der Waals surface area contributed by atoms with Gasteiger partial charge in [0.2, 0.25) is 0 Å². The average molecular weight is 292 g/mol. The predicted molar refractivity (Wildman–Crippen MR) is 84.3 cm³/mol. The van der Waals surface area contributed by atoms with E-state index in [1.165, 1.54) is 0 Å². The third-order valence-corrected chi connectivity index (χ3v) is 3.94. The molecule has 0 aliphatic rings. The van der Waals surface area contributed by atoms with Gasteiger partial charge in [-0.05, 0) is 25.1 Å². The van der Waals surface area contributed by atoms with Crippen LogP contribution in [-0.2, 0) is 18.4 Å². The molecule has 0 aliphatic heterocycles. The van der Waals surface area contributed by atoms with Crippen LogP contribution in [0.2, 0.25) is 0 Å². The highest BCUT2D eigenvalue weighted by molar-refractivity contribution is 7.09. The fourth-order valence-corrected chi connectivity index (χ4v) is 2.92. The average Bonchev–Trinajstić information content (AvgIpc) is 2.99. The quantitative estimate of drug-likeness (QED) is 0.814. The third-order valence-electron chi connectivity index (χ3n) is 3.09. The van der Waals surface area contributed by atoms with E-state index in [-0.39, 0.29) is 5.41 Å². The summed E-state index contributed by atoms with van der Waals surface area (Å²) >= 11 is 1.72. The summed E-state index contributed by atoms with van der Waals surface area (Å²) in [7, 11) is 0. The summed E-state index contributed by atoms with van der Waals surface area (Å²) < 4.78 is 5.83. The van der Waals surface area contributed by atoms with E-state index in [4.69, 9.17) is 9.40 Å². The minimum absolute atomic E-state index is 0.118. The Morgan fingerprint density at radius 3 is 2.65 bits per heavy atom. The van der Waals surface area contributed by atoms with Crippen molar-refractivity contribution in [2.24, 2.45) is 0 Å². The smallest absolute Gasteiger partial charge is 0.117 e. The van der Waals surface area contributed by atoms with Gasteiger partial charge in [0.1, 0.15) is 16.5 Å². The maximum absolute atomic E-state index is 5.83. The summed E-state index contributed by atoms with van der Waals surface area (Å²) in [4.78, 5) is 4.70. The summed E-state index contributed by atoms with van der Waals surface area (Å²) in [6, 6.07) is 4.11. The van der Waals surface area contributed by atoms with E-state index < -0.39 is 0 Å². The van der Waals surface area contributed by atoms with Gasteiger partial charge in [0, 0.05) is 10.8 Å². The standard InChI is InChI=1S/C16H24N2OS/c1-5-8-17-10-13-7-6-12(19-13)9-15-18-14(11-20-15)16(2,3)4/h6-7,11,17H,5,8-10H2,1-4H3. The van der Waals surface area contributed by atoms with Gasteiger partial charge >= 0.3 is 0 Å². The topological polar surface area (TPSA) is 38.1 Å². The van der Waals surface area contributed by atoms with Gasteiger partial charge in [-0.2, -0.15) is 0 Å². The zero-order valence-electron chi connectivity index (χ0n) is 12.8. The highest BCUT2D eigenvalue weighted by Crippen LogP contribution is 2.25. The van der Waals surface area contributed by atoms with Crippen LogP contribution >= 0.6 is 11.3 Å². The van der Waals surface area contributed by atoms with Gasteiger partial charge in [-0.15, -0.1) is 11.3 Å². The number of furan rings is 1. The van der Waals surface area contributed by atoms with Gasteiger partial charge in [-0.3, -0.25) is 0 Å². The Balaban J connectivity index is 1.95. The summed E-state index contributed by atoms with van der Waals surface area (Å²) in [5.74, 6) is 1.99. The van der Waals surface area contributed by atoms with Gasteiger partial charge < -0.3 is 9.73 Å². The Labute approximate surface area is 125 Å². The van der Waals surface area contributed by atoms with Crippen LogP contribution < -0.4 is 5.32 Å². The second-order valence-electron chi connectivity index (χ2n) is 6.10. The van der Waals surface area contributed by atoms with Crippen LogP contribution in [-0.4, -0.2) is 11.5 Å². The zero-order valence-corrected chi connectivity index (χ0v) is 13.6. The van der Waals surface area contributed by atoms with Crippen molar-refractivity contribution in [2.75, 3.05) is 6.54 Å². The first-order valence-corrected chi connectivity index (χ1v) is 8.10. The molecule has 20 heavy (non-hydrogen) atoms. The summed E-state index contributed by atoms with van der Waals surface area (Å²) in [6.45, 7) is 10.6. The van der Waals surface area contributed by atoms with Crippen LogP contribution in [0.4, 0.5) is 0 Å². The van der Waals surface area contributed by atoms with E-state index in [0.717, 1.165) is 48.2 Å². The molecule has 0 unspecified atom stereocenters. The SMILES string of the molecule is CCCNCc1ccc(Cc2nc(C(C)(C)C)cs2)o1. The number of hydrogen-bond acceptors (Lipinski definition) is 4. The molecule has 110 valence electrons. The van der Waals surface area contributed by atoms with Crippen molar-refractivity contribution in [2.45, 2.75) is 52.5 Å². The number of hydrogen-bond donors (Lipinski definition) is 1. The molecule has 0 spiro atoms. The van der Waals surface area contributed by atoms with E-state index in [0.29, 0.717) is 0 Å². The molecule has 0 aromatic carbocycles. The van der Waals surface area contributed by atoms with Gasteiger partial charge in [0.25, 0.3) is 0 Å². The molecule has 2 aromatic rings. The molecule has 0 amide bonds. The highest BCUT2D eigenvalue weighted by Gasteiger charge is 2.17. The number of nitrogens with zero attached hydrogens (tertiary/aromatic N) is 1. The molecular formula is C16H24N2OS. The van der Waals surface area contributed by atoms with Crippen LogP contribution in [0.3, 0.4) is 0 Å². The molecule has 3 nitrogen and oxygen atoms in total. The van der Waals surface area contributed by atoms with Gasteiger partial charge in [0.05, 0.1) is 18.7 Å². The molecule has 0 saturated carbocycles. The Hall–Kier alpha value is -1.13. The maximum atomic E-state index is 5.83. The van der Waals surface area contributed by atoms with E-state index in [9.17, 15) is 0 Å². The lowest BCUT2D eigenvalue weighted by atomic mass is 9.93. The van der Waals surface area contributed by atoms with Crippen molar-refractivity contribution in [1.82, 2.24) is 10.3 Å². The van der Waals surface area contributed by atoms with Gasteiger partial charge in [-0.25, -0.2) is 4.98 Å². The highest BCUT2D eigenvalue weighted by atomic mass is 32.1. The normalized spacial score (nSPS) is 12.0. The largest absolute Gasteiger partial charge is 0.464 e. The van der Waals surface area contributed by atoms with Crippen LogP contribution in [0.1, 0.15) is 56.3 Å². The second kappa shape index (κ2) is 6.55. The number of aromatic nitrogens is 1. The molecule has 2 heterocycles. The fourth-order valence-electron chi connectivity index (χ4n) is 1.89. The molecule has 0 saturated heterocycles. The second-order valence-corrected chi connectivity index (χ2v) is 7.04. The first-order chi connectivity index (χ1) is 9.49. The Morgan fingerprint density at radius 1 is 1.25 bits per heavy atom. The van der Waals surface area contributed by atoms with Crippen LogP contribution in [0, 0.1) is 0 Å². The Kier molecular flexibility index (Phi) is 5.00. The lowest BCUT2D eigenvalue weighted by Gasteiger charge is -2.14. The summed E-state index contributed by atoms with van der Waals surface area (Å²) in [5, 5.41) is 6.62. The number of thiazole rings is 1. The Morgan fingerprint density at radius 2 is 2.00 bits per heavy atom. The van der Waals surface area contributed by atoms with E-state index in [1.807, 2.05) is 0 Å². The van der Waals surface area contributed by atoms with Crippen molar-refractivity contribution < 1.29 is 4.42 Å². The molecule has 4 heteroatoms. The van der Waals surface area contributed by atoms with Crippen molar-refractivity contribution in [3.05, 3.63) is 39.7 Å². The van der Waals surface area contributed by atoms with Gasteiger partial charge in [0.15, 0.2) is 0 Å². The van der Waals surface area contributed by atoms with Crippen LogP contribution in [0.5, 0.6) is 0 Å². The third kappa shape index (κ3) is 4.18. The van der Waals surface area contributed by atoms with Crippen LogP contribution in [0.25, 0.3) is 0 Å². The van der Waals surface area contributed by atoms with Crippen molar-refractivity contribution in [3.8, 4) is 0 Å². The Bertz CT molecular complexity index is 537. The molecule has 1 N–H and O–H groups in total. The number of nitrogens with one attached hydrogen (secondary N) is 1. The van der Waals surface area contributed by atoms with Crippen molar-refractivity contribution in [1.29, 1.82) is 0 Å². The van der Waals surface area contributed by atoms with Crippen molar-refractivity contribution >= 4 is 11.3 Å². The predicted octanol–water partition coefficient (Wildman–Crippen LogP) is 4.12. The summed E-state index contributed by atoms with van der Waals surface area (Å²) in [5.41, 5.74) is 1.28. The molecule has 0 aliphatic carbocycles. The monoisotopic (exact) mass is 292 g/mol. The minimum Gasteiger partial charge on any atom is -0.464 e. The lowest BCUT2D eigenvalue weighted by Crippen LogP contribution is -2.13. The molecular weight excluding hydrogens is 268 g/mol. The lowest BCUT2D eigenvalue weighted by molar-refractivity contribution is 0.453. The molecule has 2 aromatic heterocycles. The fraction of sp³-hybridized carbons (Fsp3) is 0.562. The van der Waals surface area contributed by atoms with E-state index in [2.05, 4.69) is 50.5 Å². The van der Waals surface area contributed by atoms with Gasteiger partial charge in [-0.1, -0.05) is 27.7 Å². The maximum Gasteiger partial charge on any atom is 0.117 e. The van der Waals surface area contributed by atoms with Crippen LogP contribution in [0.15, 0.2) is 21.9 Å². The zero-order chi connectivity index (χ0) is 14.6. The minimum atomic E-state index is 0.118. The molecule has 0 radical (unpaired) electrons. The number of rotatable bonds is 6. The first kappa shape index (κ1) is 15.3. The molecule has 0 bridgehead atoms. The molecule has 0 atom stereocenters. The van der Waals surface area contributed by atoms with E-state index >= 15 is 0 Å². The first-order valence-electron chi connectivity index (χ1n) is 7.22. The molecule has 2 rings (SSSR count). The van der Waals surface area contributed by atoms with Crippen molar-refractivity contribution in [3.63, 3.8) is 0 Å². The van der Waals surface area contributed by atoms with E-state index in [1.54, 1.807) is 11.3 Å². The summed E-state index contributed by atoms with van der Waals surface area (Å²) in [6.07, 6.45) is 1.93.